The smallest absolute Gasteiger partial charge is 0.413 e. The largest absolute Gasteiger partial charge is 0.444 e. The van der Waals surface area contributed by atoms with E-state index in [-0.39, 0.29) is 24.0 Å². The van der Waals surface area contributed by atoms with Crippen LogP contribution in [0.1, 0.15) is 60.2 Å². The number of hydrogen-bond donors (Lipinski definition) is 1. The monoisotopic (exact) mass is 629 g/mol. The number of likely N-dealkylation sites (tertiary alicyclic amines) is 1. The number of anilines is 2. The van der Waals surface area contributed by atoms with E-state index in [4.69, 9.17) is 14.5 Å². The summed E-state index contributed by atoms with van der Waals surface area (Å²) in [5.74, 6) is 0.654. The minimum Gasteiger partial charge on any atom is -0.444 e. The van der Waals surface area contributed by atoms with Gasteiger partial charge in [-0.1, -0.05) is 0 Å². The highest BCUT2D eigenvalue weighted by atomic mass is 19.1. The molecule has 2 aliphatic heterocycles. The Kier molecular flexibility index (Phi) is 7.86. The number of halogens is 1. The Bertz CT molecular complexity index is 1800. The molecule has 12 heteroatoms. The van der Waals surface area contributed by atoms with Crippen LogP contribution in [0.4, 0.5) is 25.5 Å². The lowest BCUT2D eigenvalue weighted by Gasteiger charge is -2.42. The summed E-state index contributed by atoms with van der Waals surface area (Å²) < 4.78 is 28.7. The Morgan fingerprint density at radius 1 is 0.913 bits per heavy atom. The van der Waals surface area contributed by atoms with Crippen molar-refractivity contribution in [3.05, 3.63) is 60.3 Å². The van der Waals surface area contributed by atoms with Gasteiger partial charge in [-0.05, 0) is 97.7 Å². The summed E-state index contributed by atoms with van der Waals surface area (Å²) in [4.78, 5) is 42.7. The Hall–Kier alpha value is -4.74. The quantitative estimate of drug-likeness (QED) is 0.260. The van der Waals surface area contributed by atoms with Gasteiger partial charge in [0.2, 0.25) is 0 Å². The van der Waals surface area contributed by atoms with Crippen molar-refractivity contribution in [3.8, 4) is 16.9 Å². The average Bonchev–Trinajstić information content (AvgIpc) is 3.41. The predicted molar refractivity (Wildman–Crippen MR) is 174 cm³/mol. The van der Waals surface area contributed by atoms with Crippen LogP contribution >= 0.6 is 0 Å². The highest BCUT2D eigenvalue weighted by Crippen LogP contribution is 2.38. The number of benzene rings is 1. The second-order valence-electron chi connectivity index (χ2n) is 13.9. The van der Waals surface area contributed by atoms with Gasteiger partial charge in [0.25, 0.3) is 0 Å². The molecule has 2 fully saturated rings. The maximum Gasteiger partial charge on any atom is 0.413 e. The van der Waals surface area contributed by atoms with Gasteiger partial charge in [0.1, 0.15) is 34.2 Å². The van der Waals surface area contributed by atoms with E-state index in [0.717, 1.165) is 18.4 Å². The third-order valence-electron chi connectivity index (χ3n) is 7.96. The van der Waals surface area contributed by atoms with Crippen molar-refractivity contribution in [2.75, 3.05) is 23.3 Å². The second kappa shape index (κ2) is 11.6. The van der Waals surface area contributed by atoms with E-state index in [2.05, 4.69) is 20.2 Å². The van der Waals surface area contributed by atoms with E-state index >= 15 is 4.39 Å². The standard InChI is InChI=1S/C34H40FN7O4/c1-20-37-27-12-11-26(21-14-15-36-29(16-21)39-31(43)45-33(2,3)4)38-30(27)41(20)22-10-13-28(25(35)17-22)42-23-8-9-24(42)19-40(18-23)32(44)46-34(5,6)7/h10-17,23-24H,8-9,18-19H2,1-7H3,(H,36,39,43). The van der Waals surface area contributed by atoms with Crippen LogP contribution in [0.15, 0.2) is 48.7 Å². The highest BCUT2D eigenvalue weighted by Gasteiger charge is 2.43. The average molecular weight is 630 g/mol. The molecular formula is C34H40FN7O4. The van der Waals surface area contributed by atoms with Gasteiger partial charge < -0.3 is 19.3 Å². The molecule has 4 aromatic rings. The zero-order valence-corrected chi connectivity index (χ0v) is 27.3. The fraction of sp³-hybridized carbons (Fsp3) is 0.441. The van der Waals surface area contributed by atoms with Gasteiger partial charge in [-0.2, -0.15) is 0 Å². The molecule has 6 rings (SSSR count). The van der Waals surface area contributed by atoms with Crippen LogP contribution in [0.3, 0.4) is 0 Å². The fourth-order valence-corrected chi connectivity index (χ4v) is 6.22. The number of piperazine rings is 1. The number of carbonyl (C=O) groups excluding carboxylic acids is 2. The molecule has 0 saturated carbocycles. The van der Waals surface area contributed by atoms with Crippen molar-refractivity contribution < 1.29 is 23.5 Å². The Morgan fingerprint density at radius 2 is 1.61 bits per heavy atom. The van der Waals surface area contributed by atoms with E-state index < -0.39 is 17.3 Å². The molecule has 46 heavy (non-hydrogen) atoms. The summed E-state index contributed by atoms with van der Waals surface area (Å²) >= 11 is 0. The first-order valence-corrected chi connectivity index (χ1v) is 15.5. The van der Waals surface area contributed by atoms with E-state index in [9.17, 15) is 9.59 Å². The van der Waals surface area contributed by atoms with E-state index in [1.165, 1.54) is 6.07 Å². The molecule has 1 N–H and O–H groups in total. The van der Waals surface area contributed by atoms with Gasteiger partial charge in [-0.25, -0.2) is 28.9 Å². The summed E-state index contributed by atoms with van der Waals surface area (Å²) in [6.45, 7) is 13.8. The third-order valence-corrected chi connectivity index (χ3v) is 7.96. The molecule has 2 saturated heterocycles. The number of aromatic nitrogens is 4. The van der Waals surface area contributed by atoms with Gasteiger partial charge in [0, 0.05) is 43.0 Å². The molecule has 0 aliphatic carbocycles. The first-order valence-electron chi connectivity index (χ1n) is 15.5. The summed E-state index contributed by atoms with van der Waals surface area (Å²) in [6, 6.07) is 12.5. The molecule has 2 atom stereocenters. The lowest BCUT2D eigenvalue weighted by molar-refractivity contribution is 0.0209. The van der Waals surface area contributed by atoms with Crippen molar-refractivity contribution >= 4 is 34.9 Å². The molecule has 2 bridgehead atoms. The number of hydrogen-bond acceptors (Lipinski definition) is 8. The number of amides is 2. The molecule has 5 heterocycles. The first-order chi connectivity index (χ1) is 21.6. The van der Waals surface area contributed by atoms with Crippen molar-refractivity contribution in [1.82, 2.24) is 24.4 Å². The maximum absolute atomic E-state index is 16.0. The molecule has 0 spiro atoms. The minimum absolute atomic E-state index is 0.0155. The predicted octanol–water partition coefficient (Wildman–Crippen LogP) is 6.87. The SMILES string of the molecule is Cc1nc2ccc(-c3ccnc(NC(=O)OC(C)(C)C)c3)nc2n1-c1ccc(N2C3CCC2CN(C(=O)OC(C)(C)C)C3)c(F)c1. The second-order valence-corrected chi connectivity index (χ2v) is 13.9. The number of pyridine rings is 2. The molecule has 3 aromatic heterocycles. The van der Waals surface area contributed by atoms with Crippen molar-refractivity contribution in [1.29, 1.82) is 0 Å². The number of imidazole rings is 1. The molecule has 2 aliphatic rings. The normalized spacial score (nSPS) is 18.2. The van der Waals surface area contributed by atoms with Crippen LogP contribution in [0, 0.1) is 12.7 Å². The van der Waals surface area contributed by atoms with Gasteiger partial charge in [-0.15, -0.1) is 0 Å². The van der Waals surface area contributed by atoms with Gasteiger partial charge in [0.15, 0.2) is 5.65 Å². The number of nitrogens with one attached hydrogen (secondary N) is 1. The fourth-order valence-electron chi connectivity index (χ4n) is 6.22. The zero-order valence-electron chi connectivity index (χ0n) is 27.3. The molecule has 2 unspecified atom stereocenters. The van der Waals surface area contributed by atoms with Crippen LogP contribution in [-0.4, -0.2) is 73.0 Å². The molecule has 242 valence electrons. The van der Waals surface area contributed by atoms with Crippen molar-refractivity contribution in [2.45, 2.75) is 84.6 Å². The Morgan fingerprint density at radius 3 is 2.26 bits per heavy atom. The molecule has 2 amide bonds. The number of rotatable bonds is 4. The summed E-state index contributed by atoms with van der Waals surface area (Å²) in [7, 11) is 0. The lowest BCUT2D eigenvalue weighted by Crippen LogP contribution is -2.56. The van der Waals surface area contributed by atoms with Crippen LogP contribution < -0.4 is 10.2 Å². The van der Waals surface area contributed by atoms with Crippen LogP contribution in [0.2, 0.25) is 0 Å². The molecule has 0 radical (unpaired) electrons. The number of ether oxygens (including phenoxy) is 2. The third kappa shape index (κ3) is 6.47. The number of carbonyl (C=O) groups is 2. The van der Waals surface area contributed by atoms with Gasteiger partial charge >= 0.3 is 12.2 Å². The van der Waals surface area contributed by atoms with Crippen LogP contribution in [-0.2, 0) is 9.47 Å². The van der Waals surface area contributed by atoms with Gasteiger partial charge in [0.05, 0.1) is 17.1 Å². The molecular weight excluding hydrogens is 589 g/mol. The topological polar surface area (TPSA) is 115 Å². The molecule has 11 nitrogen and oxygen atoms in total. The van der Waals surface area contributed by atoms with E-state index in [1.807, 2.05) is 56.5 Å². The first kappa shape index (κ1) is 31.3. The van der Waals surface area contributed by atoms with E-state index in [0.29, 0.717) is 53.0 Å². The minimum atomic E-state index is -0.640. The summed E-state index contributed by atoms with van der Waals surface area (Å²) in [5.41, 5.74) is 2.54. The molecule has 1 aromatic carbocycles. The number of fused-ring (bicyclic) bond motifs is 3. The number of aryl methyl sites for hydroxylation is 1. The maximum atomic E-state index is 16.0. The van der Waals surface area contributed by atoms with Crippen molar-refractivity contribution in [2.24, 2.45) is 0 Å². The Balaban J connectivity index is 1.25. The lowest BCUT2D eigenvalue weighted by atomic mass is 10.1. The van der Waals surface area contributed by atoms with E-state index in [1.54, 1.807) is 44.0 Å². The van der Waals surface area contributed by atoms with Crippen LogP contribution in [0.25, 0.3) is 28.1 Å². The van der Waals surface area contributed by atoms with Gasteiger partial charge in [-0.3, -0.25) is 9.88 Å². The highest BCUT2D eigenvalue weighted by molar-refractivity contribution is 5.85. The van der Waals surface area contributed by atoms with Crippen LogP contribution in [0.5, 0.6) is 0 Å². The summed E-state index contributed by atoms with van der Waals surface area (Å²) in [6.07, 6.45) is 2.43. The number of nitrogens with zero attached hydrogens (tertiary/aromatic N) is 6. The van der Waals surface area contributed by atoms with Crippen molar-refractivity contribution in [3.63, 3.8) is 0 Å². The zero-order chi connectivity index (χ0) is 33.0. The summed E-state index contributed by atoms with van der Waals surface area (Å²) in [5, 5.41) is 2.66. The Labute approximate surface area is 267 Å².